The van der Waals surface area contributed by atoms with Gasteiger partial charge in [-0.3, -0.25) is 0 Å². The van der Waals surface area contributed by atoms with Gasteiger partial charge in [0.05, 0.1) is 17.1 Å². The molecule has 3 fully saturated rings. The molecule has 372 valence electrons. The van der Waals surface area contributed by atoms with E-state index in [1.54, 1.807) is 23.5 Å². The summed E-state index contributed by atoms with van der Waals surface area (Å²) in [5.41, 5.74) is 29.8. The van der Waals surface area contributed by atoms with Crippen molar-refractivity contribution in [2.24, 2.45) is 32.2 Å². The Balaban J connectivity index is 0.000000157. The van der Waals surface area contributed by atoms with E-state index in [0.717, 1.165) is 118 Å². The molecule has 0 atom stereocenters. The fourth-order valence-corrected chi connectivity index (χ4v) is 9.34. The highest BCUT2D eigenvalue weighted by molar-refractivity contribution is 7.98. The number of hydrogen-bond donors (Lipinski definition) is 3. The predicted molar refractivity (Wildman–Crippen MR) is 305 cm³/mol. The normalized spacial score (nSPS) is 16.5. The summed E-state index contributed by atoms with van der Waals surface area (Å²) < 4.78 is 0. The van der Waals surface area contributed by atoms with E-state index >= 15 is 0 Å². The Labute approximate surface area is 431 Å². The first kappa shape index (κ1) is 52.5. The number of rotatable bonds is 8. The lowest BCUT2D eigenvalue weighted by molar-refractivity contribution is 0.214. The molecule has 9 rings (SSSR count). The van der Waals surface area contributed by atoms with Gasteiger partial charge >= 0.3 is 0 Å². The van der Waals surface area contributed by atoms with E-state index < -0.39 is 0 Å². The first-order chi connectivity index (χ1) is 34.5. The number of thioether (sulfide) groups is 2. The van der Waals surface area contributed by atoms with Crippen molar-refractivity contribution in [2.75, 3.05) is 112 Å². The molecule has 6 aromatic carbocycles. The Hall–Kier alpha value is -6.29. The van der Waals surface area contributed by atoms with Gasteiger partial charge in [-0.05, 0) is 99.7 Å². The summed E-state index contributed by atoms with van der Waals surface area (Å²) in [5, 5.41) is 0. The first-order valence-electron chi connectivity index (χ1n) is 24.4. The fraction of sp³-hybridized carbons (Fsp3) is 0.316. The minimum Gasteiger partial charge on any atom is -0.369 e. The van der Waals surface area contributed by atoms with Crippen LogP contribution in [-0.4, -0.2) is 159 Å². The third-order valence-corrected chi connectivity index (χ3v) is 14.5. The zero-order chi connectivity index (χ0) is 50.1. The lowest BCUT2D eigenvalue weighted by Gasteiger charge is -2.33. The maximum atomic E-state index is 6.31. The van der Waals surface area contributed by atoms with Crippen molar-refractivity contribution in [3.05, 3.63) is 151 Å². The summed E-state index contributed by atoms with van der Waals surface area (Å²) >= 11 is 3.46. The van der Waals surface area contributed by atoms with Crippen LogP contribution in [0.5, 0.6) is 0 Å². The number of guanidine groups is 3. The van der Waals surface area contributed by atoms with Crippen LogP contribution in [0.3, 0.4) is 0 Å². The standard InChI is InChI=1S/2C19H24N4S.C19H24N4/c1-22-10-12-23(13-11-22)19(20)21-18-9-8-16(24-2)14-17(18)15-6-4-3-5-7-15;1-22-10-12-23(13-11-22)19(20)21-18-14-16(24-2)8-9-17(18)15-6-4-3-5-7-15;1-15-8-9-18(17(14-15)16-6-4-3-5-7-16)21-19(20)23-12-10-22(2)11-13-23/h2*3-9,14H,10-13H2,1-2H3,(H2,20,21);3-9,14H,10-13H2,1-2H3,(H2,20,21). The quantitative estimate of drug-likeness (QED) is 0.0766. The largest absolute Gasteiger partial charge is 0.369 e. The van der Waals surface area contributed by atoms with Crippen molar-refractivity contribution >= 4 is 58.5 Å². The smallest absolute Gasteiger partial charge is 0.196 e. The van der Waals surface area contributed by atoms with Crippen LogP contribution >= 0.6 is 23.5 Å². The molecule has 0 aliphatic carbocycles. The van der Waals surface area contributed by atoms with E-state index in [1.165, 1.54) is 26.5 Å². The second-order valence-corrected chi connectivity index (χ2v) is 19.9. The minimum absolute atomic E-state index is 0.609. The van der Waals surface area contributed by atoms with E-state index in [1.807, 2.05) is 18.2 Å². The molecule has 0 radical (unpaired) electrons. The van der Waals surface area contributed by atoms with E-state index in [-0.39, 0.29) is 0 Å². The number of hydrogen-bond acceptors (Lipinski definition) is 8. The molecule has 12 nitrogen and oxygen atoms in total. The second kappa shape index (κ2) is 26.2. The molecule has 3 saturated heterocycles. The Morgan fingerprint density at radius 1 is 0.380 bits per heavy atom. The predicted octanol–water partition coefficient (Wildman–Crippen LogP) is 9.39. The topological polar surface area (TPSA) is 135 Å². The number of benzene rings is 6. The average molecular weight is 989 g/mol. The maximum Gasteiger partial charge on any atom is 0.196 e. The van der Waals surface area contributed by atoms with Crippen LogP contribution in [0.2, 0.25) is 0 Å². The number of aryl methyl sites for hydroxylation is 1. The molecule has 71 heavy (non-hydrogen) atoms. The average Bonchev–Trinajstić information content (AvgIpc) is 3.41. The van der Waals surface area contributed by atoms with Crippen molar-refractivity contribution in [2.45, 2.75) is 16.7 Å². The van der Waals surface area contributed by atoms with Crippen LogP contribution in [-0.2, 0) is 0 Å². The van der Waals surface area contributed by atoms with Crippen molar-refractivity contribution < 1.29 is 0 Å². The number of nitrogens with two attached hydrogens (primary N) is 3. The third kappa shape index (κ3) is 15.1. The van der Waals surface area contributed by atoms with Gasteiger partial charge in [-0.25, -0.2) is 15.0 Å². The molecule has 14 heteroatoms. The summed E-state index contributed by atoms with van der Waals surface area (Å²) in [6.45, 7) is 13.8. The van der Waals surface area contributed by atoms with Crippen LogP contribution in [0.15, 0.2) is 170 Å². The molecule has 0 spiro atoms. The lowest BCUT2D eigenvalue weighted by atomic mass is 10.0. The number of nitrogens with zero attached hydrogens (tertiary/aromatic N) is 9. The van der Waals surface area contributed by atoms with Crippen molar-refractivity contribution in [3.8, 4) is 33.4 Å². The highest BCUT2D eigenvalue weighted by Gasteiger charge is 2.19. The van der Waals surface area contributed by atoms with Gasteiger partial charge in [0.2, 0.25) is 0 Å². The zero-order valence-corrected chi connectivity index (χ0v) is 44.0. The van der Waals surface area contributed by atoms with Gasteiger partial charge in [0.25, 0.3) is 0 Å². The van der Waals surface area contributed by atoms with Crippen LogP contribution in [0.4, 0.5) is 17.1 Å². The number of piperazine rings is 3. The van der Waals surface area contributed by atoms with E-state index in [2.05, 4.69) is 197 Å². The molecule has 0 saturated carbocycles. The fourth-order valence-electron chi connectivity index (χ4n) is 8.47. The Bertz CT molecular complexity index is 2690. The molecule has 6 aromatic rings. The summed E-state index contributed by atoms with van der Waals surface area (Å²) in [7, 11) is 6.41. The summed E-state index contributed by atoms with van der Waals surface area (Å²) in [5.74, 6) is 1.83. The van der Waals surface area contributed by atoms with Crippen LogP contribution in [0.1, 0.15) is 5.56 Å². The molecule has 0 amide bonds. The first-order valence-corrected chi connectivity index (χ1v) is 26.9. The van der Waals surface area contributed by atoms with Crippen molar-refractivity contribution in [3.63, 3.8) is 0 Å². The number of aliphatic imine (C=N–C) groups is 3. The van der Waals surface area contributed by atoms with Crippen LogP contribution < -0.4 is 17.2 Å². The molecule has 3 aliphatic heterocycles. The molecule has 6 N–H and O–H groups in total. The summed E-state index contributed by atoms with van der Waals surface area (Å²) in [6, 6.07) is 50.1. The molecular weight excluding hydrogens is 917 g/mol. The van der Waals surface area contributed by atoms with E-state index in [4.69, 9.17) is 32.2 Å². The van der Waals surface area contributed by atoms with Gasteiger partial charge in [0.15, 0.2) is 17.9 Å². The summed E-state index contributed by atoms with van der Waals surface area (Å²) in [4.78, 5) is 30.1. The van der Waals surface area contributed by atoms with E-state index in [0.29, 0.717) is 17.9 Å². The third-order valence-electron chi connectivity index (χ3n) is 13.0. The van der Waals surface area contributed by atoms with Gasteiger partial charge in [-0.2, -0.15) is 0 Å². The Morgan fingerprint density at radius 3 is 1.13 bits per heavy atom. The Morgan fingerprint density at radius 2 is 0.718 bits per heavy atom. The van der Waals surface area contributed by atoms with Gasteiger partial charge in [0.1, 0.15) is 0 Å². The second-order valence-electron chi connectivity index (χ2n) is 18.2. The highest BCUT2D eigenvalue weighted by atomic mass is 32.2. The molecule has 0 bridgehead atoms. The lowest BCUT2D eigenvalue weighted by Crippen LogP contribution is -2.49. The van der Waals surface area contributed by atoms with Crippen molar-refractivity contribution in [1.82, 2.24) is 29.4 Å². The molecule has 0 aromatic heterocycles. The van der Waals surface area contributed by atoms with Gasteiger partial charge in [-0.1, -0.05) is 109 Å². The Kier molecular flexibility index (Phi) is 19.4. The SMILES string of the molecule is CSc1ccc(-c2ccccc2)c(N=C(N)N2CCN(C)CC2)c1.CSc1ccc(N=C(N)N2CCN(C)CC2)c(-c2ccccc2)c1.Cc1ccc(N=C(N)N2CCN(C)CC2)c(-c2ccccc2)c1. The van der Waals surface area contributed by atoms with Gasteiger partial charge in [0, 0.05) is 105 Å². The van der Waals surface area contributed by atoms with Crippen molar-refractivity contribution in [1.29, 1.82) is 0 Å². The molecule has 0 unspecified atom stereocenters. The minimum atomic E-state index is 0.609. The summed E-state index contributed by atoms with van der Waals surface area (Å²) in [6.07, 6.45) is 4.17. The molecular formula is C57H72N12S2. The number of likely N-dealkylation sites (N-methyl/N-ethyl adjacent to an activating group) is 3. The molecule has 3 aliphatic rings. The highest BCUT2D eigenvalue weighted by Crippen LogP contribution is 2.36. The van der Waals surface area contributed by atoms with Crippen LogP contribution in [0, 0.1) is 6.92 Å². The van der Waals surface area contributed by atoms with E-state index in [9.17, 15) is 0 Å². The zero-order valence-electron chi connectivity index (χ0n) is 42.4. The van der Waals surface area contributed by atoms with Gasteiger partial charge in [-0.15, -0.1) is 23.5 Å². The van der Waals surface area contributed by atoms with Gasteiger partial charge < -0.3 is 46.6 Å². The monoisotopic (exact) mass is 989 g/mol. The van der Waals surface area contributed by atoms with Crippen LogP contribution in [0.25, 0.3) is 33.4 Å². The maximum absolute atomic E-state index is 6.31. The molecule has 3 heterocycles.